The summed E-state index contributed by atoms with van der Waals surface area (Å²) in [5.74, 6) is -0.114. The number of hydrogen-bond acceptors (Lipinski definition) is 2. The van der Waals surface area contributed by atoms with Crippen LogP contribution in [0, 0.1) is 0 Å². The first-order chi connectivity index (χ1) is 9.00. The minimum Gasteiger partial charge on any atom is -0.389 e. The molecule has 1 amide bonds. The van der Waals surface area contributed by atoms with Crippen molar-refractivity contribution >= 4 is 17.5 Å². The number of carbonyl (C=O) groups is 1. The summed E-state index contributed by atoms with van der Waals surface area (Å²) in [6.07, 6.45) is 3.64. The van der Waals surface area contributed by atoms with Crippen LogP contribution < -0.4 is 5.32 Å². The second kappa shape index (κ2) is 5.93. The van der Waals surface area contributed by atoms with Crippen LogP contribution in [0.15, 0.2) is 24.3 Å². The Morgan fingerprint density at radius 3 is 2.68 bits per heavy atom. The Labute approximate surface area is 119 Å². The van der Waals surface area contributed by atoms with Crippen LogP contribution >= 0.6 is 11.6 Å². The van der Waals surface area contributed by atoms with Crippen molar-refractivity contribution in [3.63, 3.8) is 0 Å². The lowest BCUT2D eigenvalue weighted by Gasteiger charge is -2.23. The molecule has 104 valence electrons. The van der Waals surface area contributed by atoms with E-state index in [1.165, 1.54) is 0 Å². The Morgan fingerprint density at radius 2 is 2.05 bits per heavy atom. The fraction of sp³-hybridized carbons (Fsp3) is 0.533. The maximum atomic E-state index is 12.0. The van der Waals surface area contributed by atoms with Gasteiger partial charge in [-0.15, -0.1) is 0 Å². The van der Waals surface area contributed by atoms with Gasteiger partial charge in [-0.2, -0.15) is 0 Å². The van der Waals surface area contributed by atoms with Crippen molar-refractivity contribution in [1.29, 1.82) is 0 Å². The lowest BCUT2D eigenvalue weighted by Crippen LogP contribution is -2.35. The minimum atomic E-state index is -0.801. The monoisotopic (exact) mass is 281 g/mol. The largest absolute Gasteiger partial charge is 0.389 e. The van der Waals surface area contributed by atoms with E-state index in [1.807, 2.05) is 31.2 Å². The number of carbonyl (C=O) groups excluding carboxylic acids is 1. The van der Waals surface area contributed by atoms with Crippen molar-refractivity contribution in [2.45, 2.75) is 50.7 Å². The molecule has 1 aliphatic carbocycles. The van der Waals surface area contributed by atoms with E-state index in [1.54, 1.807) is 0 Å². The highest BCUT2D eigenvalue weighted by Crippen LogP contribution is 2.32. The highest BCUT2D eigenvalue weighted by atomic mass is 35.5. The number of amides is 1. The summed E-state index contributed by atoms with van der Waals surface area (Å²) in [4.78, 5) is 12.0. The standard InChI is InChI=1S/C15H20ClNO2/c1-11(12-6-2-3-7-13(12)16)17-14(18)10-15(19)8-4-5-9-15/h2-3,6-7,11,19H,4-5,8-10H2,1H3,(H,17,18). The molecule has 0 bridgehead atoms. The van der Waals surface area contributed by atoms with Gasteiger partial charge in [-0.3, -0.25) is 4.79 Å². The number of nitrogens with one attached hydrogen (secondary N) is 1. The average molecular weight is 282 g/mol. The van der Waals surface area contributed by atoms with Crippen LogP contribution in [0.2, 0.25) is 5.02 Å². The molecule has 1 unspecified atom stereocenters. The zero-order chi connectivity index (χ0) is 13.9. The summed E-state index contributed by atoms with van der Waals surface area (Å²) in [6.45, 7) is 1.90. The number of aliphatic hydroxyl groups is 1. The predicted octanol–water partition coefficient (Wildman–Crippen LogP) is 3.21. The summed E-state index contributed by atoms with van der Waals surface area (Å²) < 4.78 is 0. The molecule has 1 fully saturated rings. The molecule has 1 atom stereocenters. The van der Waals surface area contributed by atoms with Crippen LogP contribution in [0.5, 0.6) is 0 Å². The van der Waals surface area contributed by atoms with Crippen molar-refractivity contribution in [2.75, 3.05) is 0 Å². The zero-order valence-electron chi connectivity index (χ0n) is 11.2. The second-order valence-electron chi connectivity index (χ2n) is 5.42. The molecule has 2 N–H and O–H groups in total. The van der Waals surface area contributed by atoms with Gasteiger partial charge in [0.25, 0.3) is 0 Å². The summed E-state index contributed by atoms with van der Waals surface area (Å²) in [6, 6.07) is 7.32. The predicted molar refractivity (Wildman–Crippen MR) is 76.0 cm³/mol. The van der Waals surface area contributed by atoms with Gasteiger partial charge >= 0.3 is 0 Å². The molecular formula is C15H20ClNO2. The molecular weight excluding hydrogens is 262 g/mol. The Balaban J connectivity index is 1.94. The molecule has 1 saturated carbocycles. The van der Waals surface area contributed by atoms with Gasteiger partial charge < -0.3 is 10.4 Å². The van der Waals surface area contributed by atoms with Crippen molar-refractivity contribution in [1.82, 2.24) is 5.32 Å². The molecule has 0 radical (unpaired) electrons. The quantitative estimate of drug-likeness (QED) is 0.890. The molecule has 2 rings (SSSR count). The van der Waals surface area contributed by atoms with Gasteiger partial charge in [0, 0.05) is 5.02 Å². The van der Waals surface area contributed by atoms with Crippen molar-refractivity contribution in [3.05, 3.63) is 34.9 Å². The van der Waals surface area contributed by atoms with Gasteiger partial charge in [0.15, 0.2) is 0 Å². The number of benzene rings is 1. The molecule has 0 saturated heterocycles. The highest BCUT2D eigenvalue weighted by molar-refractivity contribution is 6.31. The van der Waals surface area contributed by atoms with Crippen LogP contribution in [0.3, 0.4) is 0 Å². The van der Waals surface area contributed by atoms with Crippen molar-refractivity contribution < 1.29 is 9.90 Å². The van der Waals surface area contributed by atoms with E-state index in [0.717, 1.165) is 31.2 Å². The molecule has 1 aliphatic rings. The lowest BCUT2D eigenvalue weighted by atomic mass is 9.97. The first-order valence-electron chi connectivity index (χ1n) is 6.76. The van der Waals surface area contributed by atoms with E-state index in [4.69, 9.17) is 11.6 Å². The summed E-state index contributed by atoms with van der Waals surface area (Å²) >= 11 is 6.10. The number of halogens is 1. The van der Waals surface area contributed by atoms with Crippen LogP contribution in [-0.2, 0) is 4.79 Å². The van der Waals surface area contributed by atoms with Crippen LogP contribution in [0.1, 0.15) is 50.6 Å². The minimum absolute atomic E-state index is 0.114. The topological polar surface area (TPSA) is 49.3 Å². The molecule has 0 spiro atoms. The third kappa shape index (κ3) is 3.71. The fourth-order valence-corrected chi connectivity index (χ4v) is 3.00. The van der Waals surface area contributed by atoms with Crippen LogP contribution in [-0.4, -0.2) is 16.6 Å². The molecule has 1 aromatic carbocycles. The number of rotatable bonds is 4. The van der Waals surface area contributed by atoms with E-state index >= 15 is 0 Å². The normalized spacial score (nSPS) is 19.1. The Kier molecular flexibility index (Phi) is 4.48. The van der Waals surface area contributed by atoms with E-state index in [2.05, 4.69) is 5.32 Å². The highest BCUT2D eigenvalue weighted by Gasteiger charge is 2.33. The van der Waals surface area contributed by atoms with Gasteiger partial charge in [0.05, 0.1) is 18.1 Å². The molecule has 1 aromatic rings. The van der Waals surface area contributed by atoms with E-state index in [9.17, 15) is 9.90 Å². The van der Waals surface area contributed by atoms with Crippen LogP contribution in [0.4, 0.5) is 0 Å². The molecule has 0 heterocycles. The first kappa shape index (κ1) is 14.4. The van der Waals surface area contributed by atoms with Gasteiger partial charge in [0.2, 0.25) is 5.91 Å². The van der Waals surface area contributed by atoms with Crippen molar-refractivity contribution in [2.24, 2.45) is 0 Å². The van der Waals surface area contributed by atoms with Gasteiger partial charge in [-0.25, -0.2) is 0 Å². The average Bonchev–Trinajstić information content (AvgIpc) is 2.75. The van der Waals surface area contributed by atoms with Crippen molar-refractivity contribution in [3.8, 4) is 0 Å². The smallest absolute Gasteiger partial charge is 0.223 e. The van der Waals surface area contributed by atoms with E-state index in [-0.39, 0.29) is 18.4 Å². The van der Waals surface area contributed by atoms with Gasteiger partial charge in [0.1, 0.15) is 0 Å². The Hall–Kier alpha value is -1.06. The molecule has 19 heavy (non-hydrogen) atoms. The van der Waals surface area contributed by atoms with Gasteiger partial charge in [-0.05, 0) is 31.4 Å². The van der Waals surface area contributed by atoms with Crippen LogP contribution in [0.25, 0.3) is 0 Å². The molecule has 3 nitrogen and oxygen atoms in total. The molecule has 4 heteroatoms. The third-order valence-electron chi connectivity index (χ3n) is 3.77. The Bertz CT molecular complexity index is 455. The fourth-order valence-electron chi connectivity index (χ4n) is 2.71. The van der Waals surface area contributed by atoms with Gasteiger partial charge in [-0.1, -0.05) is 42.6 Å². The maximum absolute atomic E-state index is 12.0. The lowest BCUT2D eigenvalue weighted by molar-refractivity contribution is -0.126. The zero-order valence-corrected chi connectivity index (χ0v) is 11.9. The van der Waals surface area contributed by atoms with E-state index in [0.29, 0.717) is 5.02 Å². The maximum Gasteiger partial charge on any atom is 0.223 e. The first-order valence-corrected chi connectivity index (χ1v) is 7.14. The summed E-state index contributed by atoms with van der Waals surface area (Å²) in [7, 11) is 0. The third-order valence-corrected chi connectivity index (χ3v) is 4.12. The Morgan fingerprint density at radius 1 is 1.42 bits per heavy atom. The molecule has 0 aliphatic heterocycles. The number of hydrogen-bond donors (Lipinski definition) is 2. The SMILES string of the molecule is CC(NC(=O)CC1(O)CCCC1)c1ccccc1Cl. The second-order valence-corrected chi connectivity index (χ2v) is 5.83. The van der Waals surface area contributed by atoms with E-state index < -0.39 is 5.60 Å². The molecule has 0 aromatic heterocycles. The summed E-state index contributed by atoms with van der Waals surface area (Å²) in [5.41, 5.74) is 0.0977. The summed E-state index contributed by atoms with van der Waals surface area (Å²) in [5, 5.41) is 13.8.